The van der Waals surface area contributed by atoms with E-state index in [1.54, 1.807) is 0 Å². The van der Waals surface area contributed by atoms with Gasteiger partial charge >= 0.3 is 0 Å². The van der Waals surface area contributed by atoms with E-state index < -0.39 is 0 Å². The normalized spacial score (nSPS) is 20.5. The van der Waals surface area contributed by atoms with Crippen LogP contribution in [0, 0.1) is 0 Å². The molecule has 0 saturated carbocycles. The highest BCUT2D eigenvalue weighted by Crippen LogP contribution is 2.32. The van der Waals surface area contributed by atoms with Gasteiger partial charge in [-0.2, -0.15) is 0 Å². The summed E-state index contributed by atoms with van der Waals surface area (Å²) in [6.07, 6.45) is 3.31. The lowest BCUT2D eigenvalue weighted by Crippen LogP contribution is -2.45. The number of benzene rings is 2. The molecular formula is C25H27N3O2. The summed E-state index contributed by atoms with van der Waals surface area (Å²) in [5.41, 5.74) is 5.85. The molecule has 2 aliphatic heterocycles. The highest BCUT2D eigenvalue weighted by Gasteiger charge is 2.22. The van der Waals surface area contributed by atoms with Crippen molar-refractivity contribution in [1.29, 1.82) is 0 Å². The summed E-state index contributed by atoms with van der Waals surface area (Å²) in [5, 5.41) is 3.47. The monoisotopic (exact) mass is 401 g/mol. The molecule has 2 aliphatic rings. The third-order valence-corrected chi connectivity index (χ3v) is 5.69. The van der Waals surface area contributed by atoms with Gasteiger partial charge in [-0.3, -0.25) is 0 Å². The summed E-state index contributed by atoms with van der Waals surface area (Å²) in [6.45, 7) is 6.85. The molecule has 5 nitrogen and oxygen atoms in total. The minimum absolute atomic E-state index is 0.237. The fourth-order valence-corrected chi connectivity index (χ4v) is 4.36. The Bertz CT molecular complexity index is 1040. The second kappa shape index (κ2) is 8.00. The zero-order valence-corrected chi connectivity index (χ0v) is 17.5. The van der Waals surface area contributed by atoms with Gasteiger partial charge in [-0.15, -0.1) is 0 Å². The number of nitrogens with one attached hydrogen (secondary N) is 1. The van der Waals surface area contributed by atoms with Crippen LogP contribution in [0.3, 0.4) is 0 Å². The summed E-state index contributed by atoms with van der Waals surface area (Å²) in [4.78, 5) is 6.92. The van der Waals surface area contributed by atoms with Gasteiger partial charge < -0.3 is 19.7 Å². The molecule has 1 aromatic heterocycles. The molecule has 3 aromatic rings. The number of fused-ring (bicyclic) bond motifs is 1. The first kappa shape index (κ1) is 18.9. The van der Waals surface area contributed by atoms with Crippen LogP contribution < -0.4 is 15.0 Å². The van der Waals surface area contributed by atoms with Crippen LogP contribution in [0.15, 0.2) is 60.8 Å². The molecule has 2 atom stereocenters. The summed E-state index contributed by atoms with van der Waals surface area (Å²) in [7, 11) is 0. The molecule has 154 valence electrons. The SMILES string of the molecule is C[C@@H]1CN(c2cccc(Nc3cc(-c4ccc5c(c4)CCO5)ccn3)c2)C[C@H](C)O1. The third-order valence-electron chi connectivity index (χ3n) is 5.69. The maximum absolute atomic E-state index is 5.87. The van der Waals surface area contributed by atoms with Crippen molar-refractivity contribution in [2.45, 2.75) is 32.5 Å². The molecule has 0 unspecified atom stereocenters. The van der Waals surface area contributed by atoms with Crippen molar-refractivity contribution in [1.82, 2.24) is 4.98 Å². The van der Waals surface area contributed by atoms with Crippen LogP contribution in [0.1, 0.15) is 19.4 Å². The second-order valence-corrected chi connectivity index (χ2v) is 8.19. The molecule has 2 aromatic carbocycles. The Morgan fingerprint density at radius 3 is 2.67 bits per heavy atom. The fraction of sp³-hybridized carbons (Fsp3) is 0.320. The van der Waals surface area contributed by atoms with E-state index in [0.29, 0.717) is 0 Å². The number of hydrogen-bond acceptors (Lipinski definition) is 5. The van der Waals surface area contributed by atoms with E-state index >= 15 is 0 Å². The van der Waals surface area contributed by atoms with Crippen molar-refractivity contribution in [3.05, 3.63) is 66.4 Å². The number of nitrogens with zero attached hydrogens (tertiary/aromatic N) is 2. The van der Waals surface area contributed by atoms with Gasteiger partial charge in [-0.25, -0.2) is 4.98 Å². The molecule has 1 N–H and O–H groups in total. The fourth-order valence-electron chi connectivity index (χ4n) is 4.36. The van der Waals surface area contributed by atoms with E-state index in [-0.39, 0.29) is 12.2 Å². The molecule has 0 aliphatic carbocycles. The van der Waals surface area contributed by atoms with Gasteiger partial charge in [0.25, 0.3) is 0 Å². The zero-order valence-electron chi connectivity index (χ0n) is 17.5. The van der Waals surface area contributed by atoms with Crippen LogP contribution in [-0.4, -0.2) is 36.9 Å². The van der Waals surface area contributed by atoms with Crippen LogP contribution in [0.2, 0.25) is 0 Å². The topological polar surface area (TPSA) is 46.6 Å². The van der Waals surface area contributed by atoms with Crippen molar-refractivity contribution in [3.63, 3.8) is 0 Å². The molecule has 1 saturated heterocycles. The van der Waals surface area contributed by atoms with E-state index in [9.17, 15) is 0 Å². The largest absolute Gasteiger partial charge is 0.493 e. The summed E-state index contributed by atoms with van der Waals surface area (Å²) >= 11 is 0. The van der Waals surface area contributed by atoms with E-state index in [1.807, 2.05) is 6.20 Å². The van der Waals surface area contributed by atoms with Gasteiger partial charge in [0.05, 0.1) is 18.8 Å². The highest BCUT2D eigenvalue weighted by molar-refractivity contribution is 5.71. The Kier molecular flexibility index (Phi) is 5.05. The van der Waals surface area contributed by atoms with Gasteiger partial charge in [-0.1, -0.05) is 12.1 Å². The maximum atomic E-state index is 5.87. The van der Waals surface area contributed by atoms with E-state index in [1.165, 1.54) is 16.8 Å². The Morgan fingerprint density at radius 2 is 1.80 bits per heavy atom. The van der Waals surface area contributed by atoms with Crippen LogP contribution in [0.4, 0.5) is 17.2 Å². The van der Waals surface area contributed by atoms with Crippen LogP contribution in [-0.2, 0) is 11.2 Å². The number of ether oxygens (including phenoxy) is 2. The van der Waals surface area contributed by atoms with Gasteiger partial charge in [0.2, 0.25) is 0 Å². The molecule has 30 heavy (non-hydrogen) atoms. The van der Waals surface area contributed by atoms with Crippen LogP contribution >= 0.6 is 0 Å². The van der Waals surface area contributed by atoms with Crippen LogP contribution in [0.5, 0.6) is 5.75 Å². The molecule has 0 bridgehead atoms. The van der Waals surface area contributed by atoms with Gasteiger partial charge in [0, 0.05) is 37.1 Å². The average Bonchev–Trinajstić information content (AvgIpc) is 3.21. The van der Waals surface area contributed by atoms with Crippen molar-refractivity contribution in [2.24, 2.45) is 0 Å². The quantitative estimate of drug-likeness (QED) is 0.664. The zero-order chi connectivity index (χ0) is 20.5. The van der Waals surface area contributed by atoms with Crippen molar-refractivity contribution < 1.29 is 9.47 Å². The predicted molar refractivity (Wildman–Crippen MR) is 121 cm³/mol. The maximum Gasteiger partial charge on any atom is 0.130 e. The Morgan fingerprint density at radius 1 is 0.967 bits per heavy atom. The molecule has 5 heteroatoms. The molecule has 0 amide bonds. The number of aromatic nitrogens is 1. The first-order valence-corrected chi connectivity index (χ1v) is 10.6. The number of anilines is 3. The number of rotatable bonds is 4. The van der Waals surface area contributed by atoms with E-state index in [0.717, 1.165) is 48.9 Å². The lowest BCUT2D eigenvalue weighted by Gasteiger charge is -2.37. The first-order chi connectivity index (χ1) is 14.6. The second-order valence-electron chi connectivity index (χ2n) is 8.19. The standard InChI is InChI=1S/C25H27N3O2/c1-17-15-28(16-18(2)30-17)23-5-3-4-22(14-23)27-25-13-20(8-10-26-25)19-6-7-24-21(12-19)9-11-29-24/h3-8,10,12-14,17-18H,9,11,15-16H2,1-2H3,(H,26,27)/t17-,18+. The van der Waals surface area contributed by atoms with Crippen molar-refractivity contribution >= 4 is 17.2 Å². The summed E-state index contributed by atoms with van der Waals surface area (Å²) in [6, 6.07) is 19.1. The molecular weight excluding hydrogens is 374 g/mol. The summed E-state index contributed by atoms with van der Waals surface area (Å²) in [5.74, 6) is 1.85. The molecule has 0 radical (unpaired) electrons. The van der Waals surface area contributed by atoms with Gasteiger partial charge in [0.15, 0.2) is 0 Å². The minimum Gasteiger partial charge on any atom is -0.493 e. The smallest absolute Gasteiger partial charge is 0.130 e. The lowest BCUT2D eigenvalue weighted by molar-refractivity contribution is -0.00521. The predicted octanol–water partition coefficient (Wildman–Crippen LogP) is 5.04. The van der Waals surface area contributed by atoms with Crippen LogP contribution in [0.25, 0.3) is 11.1 Å². The molecule has 1 fully saturated rings. The van der Waals surface area contributed by atoms with Gasteiger partial charge in [0.1, 0.15) is 11.6 Å². The van der Waals surface area contributed by atoms with E-state index in [4.69, 9.17) is 9.47 Å². The Hall–Kier alpha value is -3.05. The number of morpholine rings is 1. The van der Waals surface area contributed by atoms with E-state index in [2.05, 4.69) is 83.6 Å². The number of pyridine rings is 1. The average molecular weight is 402 g/mol. The molecule has 0 spiro atoms. The Labute approximate surface area is 177 Å². The van der Waals surface area contributed by atoms with Crippen molar-refractivity contribution in [3.8, 4) is 16.9 Å². The third kappa shape index (κ3) is 3.98. The lowest BCUT2D eigenvalue weighted by atomic mass is 10.0. The summed E-state index contributed by atoms with van der Waals surface area (Å²) < 4.78 is 11.5. The minimum atomic E-state index is 0.237. The Balaban J connectivity index is 1.36. The molecule has 5 rings (SSSR count). The first-order valence-electron chi connectivity index (χ1n) is 10.6. The van der Waals surface area contributed by atoms with Crippen molar-refractivity contribution in [2.75, 3.05) is 29.9 Å². The molecule has 3 heterocycles. The van der Waals surface area contributed by atoms with Gasteiger partial charge in [-0.05, 0) is 73.0 Å². The number of hydrogen-bond donors (Lipinski definition) is 1. The highest BCUT2D eigenvalue weighted by atomic mass is 16.5.